The van der Waals surface area contributed by atoms with Gasteiger partial charge in [-0.1, -0.05) is 0 Å². The number of carbonyl (C=O) groups excluding carboxylic acids is 3. The molecule has 2 N–H and O–H groups in total. The molecule has 0 unspecified atom stereocenters. The summed E-state index contributed by atoms with van der Waals surface area (Å²) in [6, 6.07) is 2.37. The van der Waals surface area contributed by atoms with Gasteiger partial charge in [0.15, 0.2) is 23.9 Å². The van der Waals surface area contributed by atoms with Crippen molar-refractivity contribution in [1.29, 1.82) is 0 Å². The molecule has 0 bridgehead atoms. The molecule has 0 aliphatic carbocycles. The standard InChI is InChI=1S/C13H15BrN2O5/c1-7(12(18)16-13(19)15-2)21-11-4-8(6-17)9(14)5-10(11)20-3/h4-7H,1-3H3,(H2,15,16,18,19)/t7-/m1/s1. The first-order valence-corrected chi connectivity index (χ1v) is 6.74. The number of imide groups is 1. The summed E-state index contributed by atoms with van der Waals surface area (Å²) in [7, 11) is 2.83. The van der Waals surface area contributed by atoms with Crippen LogP contribution in [0.4, 0.5) is 4.79 Å². The molecule has 0 saturated carbocycles. The number of nitrogens with one attached hydrogen (secondary N) is 2. The number of methoxy groups -OCH3 is 1. The predicted molar refractivity (Wildman–Crippen MR) is 78.8 cm³/mol. The molecule has 0 spiro atoms. The minimum absolute atomic E-state index is 0.224. The van der Waals surface area contributed by atoms with Crippen molar-refractivity contribution in [2.75, 3.05) is 14.2 Å². The number of benzene rings is 1. The maximum absolute atomic E-state index is 11.7. The summed E-state index contributed by atoms with van der Waals surface area (Å²) in [6.45, 7) is 1.47. The minimum Gasteiger partial charge on any atom is -0.493 e. The second-order valence-corrected chi connectivity index (χ2v) is 4.83. The quantitative estimate of drug-likeness (QED) is 0.777. The van der Waals surface area contributed by atoms with E-state index < -0.39 is 18.0 Å². The summed E-state index contributed by atoms with van der Waals surface area (Å²) in [6.07, 6.45) is -0.303. The number of hydrogen-bond donors (Lipinski definition) is 2. The highest BCUT2D eigenvalue weighted by Gasteiger charge is 2.19. The van der Waals surface area contributed by atoms with Gasteiger partial charge in [0.2, 0.25) is 0 Å². The number of halogens is 1. The first-order valence-electron chi connectivity index (χ1n) is 5.94. The molecule has 0 aromatic heterocycles. The van der Waals surface area contributed by atoms with E-state index in [1.807, 2.05) is 0 Å². The van der Waals surface area contributed by atoms with Gasteiger partial charge in [-0.15, -0.1) is 0 Å². The van der Waals surface area contributed by atoms with E-state index in [1.54, 1.807) is 6.07 Å². The number of amides is 3. The highest BCUT2D eigenvalue weighted by atomic mass is 79.9. The lowest BCUT2D eigenvalue weighted by molar-refractivity contribution is -0.126. The Morgan fingerprint density at radius 3 is 2.52 bits per heavy atom. The Kier molecular flexibility index (Phi) is 6.16. The lowest BCUT2D eigenvalue weighted by atomic mass is 10.2. The Balaban J connectivity index is 2.93. The summed E-state index contributed by atoms with van der Waals surface area (Å²) < 4.78 is 11.1. The minimum atomic E-state index is -0.947. The fraction of sp³-hybridized carbons (Fsp3) is 0.308. The van der Waals surface area contributed by atoms with Gasteiger partial charge in [0, 0.05) is 17.1 Å². The van der Waals surface area contributed by atoms with Gasteiger partial charge >= 0.3 is 6.03 Å². The van der Waals surface area contributed by atoms with Crippen molar-refractivity contribution in [2.24, 2.45) is 0 Å². The van der Waals surface area contributed by atoms with E-state index in [0.717, 1.165) is 0 Å². The van der Waals surface area contributed by atoms with Gasteiger partial charge in [0.1, 0.15) is 0 Å². The van der Waals surface area contributed by atoms with E-state index in [9.17, 15) is 14.4 Å². The second kappa shape index (κ2) is 7.63. The third-order valence-electron chi connectivity index (χ3n) is 2.55. The molecule has 0 fully saturated rings. The molecular formula is C13H15BrN2O5. The van der Waals surface area contributed by atoms with Gasteiger partial charge in [0.25, 0.3) is 5.91 Å². The zero-order valence-corrected chi connectivity index (χ0v) is 13.3. The average molecular weight is 359 g/mol. The fourth-order valence-electron chi connectivity index (χ4n) is 1.41. The highest BCUT2D eigenvalue weighted by molar-refractivity contribution is 9.10. The van der Waals surface area contributed by atoms with Crippen LogP contribution in [0.5, 0.6) is 11.5 Å². The Bertz CT molecular complexity index is 562. The molecule has 0 aliphatic rings. The lowest BCUT2D eigenvalue weighted by Gasteiger charge is -2.17. The smallest absolute Gasteiger partial charge is 0.321 e. The van der Waals surface area contributed by atoms with E-state index in [0.29, 0.717) is 22.1 Å². The third-order valence-corrected chi connectivity index (χ3v) is 3.23. The van der Waals surface area contributed by atoms with Crippen molar-refractivity contribution in [2.45, 2.75) is 13.0 Å². The highest BCUT2D eigenvalue weighted by Crippen LogP contribution is 2.33. The molecule has 0 aliphatic heterocycles. The molecule has 1 aromatic carbocycles. The zero-order valence-electron chi connectivity index (χ0n) is 11.7. The number of rotatable bonds is 5. The number of urea groups is 1. The maximum Gasteiger partial charge on any atom is 0.321 e. The summed E-state index contributed by atoms with van der Waals surface area (Å²) >= 11 is 3.22. The number of carbonyl (C=O) groups is 3. The SMILES string of the molecule is CNC(=O)NC(=O)[C@@H](C)Oc1cc(C=O)c(Br)cc1OC. The predicted octanol–water partition coefficient (Wildman–Crippen LogP) is 1.49. The zero-order chi connectivity index (χ0) is 16.0. The largest absolute Gasteiger partial charge is 0.493 e. The molecule has 3 amide bonds. The van der Waals surface area contributed by atoms with Crippen LogP contribution in [0, 0.1) is 0 Å². The summed E-state index contributed by atoms with van der Waals surface area (Å²) in [5, 5.41) is 4.35. The average Bonchev–Trinajstić information content (AvgIpc) is 2.47. The normalized spacial score (nSPS) is 11.2. The molecule has 0 saturated heterocycles. The summed E-state index contributed by atoms with van der Waals surface area (Å²) in [5.74, 6) is -0.0404. The molecule has 7 nitrogen and oxygen atoms in total. The van der Waals surface area contributed by atoms with Crippen molar-refractivity contribution in [3.05, 3.63) is 22.2 Å². The number of hydrogen-bond acceptors (Lipinski definition) is 5. The van der Waals surface area contributed by atoms with Crippen molar-refractivity contribution in [3.63, 3.8) is 0 Å². The molecule has 114 valence electrons. The van der Waals surface area contributed by atoms with Gasteiger partial charge in [-0.25, -0.2) is 4.79 Å². The lowest BCUT2D eigenvalue weighted by Crippen LogP contribution is -2.44. The molecule has 8 heteroatoms. The van der Waals surface area contributed by atoms with E-state index >= 15 is 0 Å². The van der Waals surface area contributed by atoms with Gasteiger partial charge in [-0.05, 0) is 35.0 Å². The van der Waals surface area contributed by atoms with Crippen LogP contribution in [0.1, 0.15) is 17.3 Å². The first kappa shape index (κ1) is 17.0. The molecule has 0 heterocycles. The molecule has 1 atom stereocenters. The maximum atomic E-state index is 11.7. The first-order chi connectivity index (χ1) is 9.92. The van der Waals surface area contributed by atoms with Gasteiger partial charge in [-0.2, -0.15) is 0 Å². The molecule has 0 radical (unpaired) electrons. The van der Waals surface area contributed by atoms with E-state index in [2.05, 4.69) is 26.6 Å². The Morgan fingerprint density at radius 2 is 2.00 bits per heavy atom. The van der Waals surface area contributed by atoms with Crippen LogP contribution in [-0.4, -0.2) is 38.5 Å². The van der Waals surface area contributed by atoms with Crippen molar-refractivity contribution >= 4 is 34.2 Å². The van der Waals surface area contributed by atoms with Gasteiger partial charge in [-0.3, -0.25) is 14.9 Å². The number of ether oxygens (including phenoxy) is 2. The van der Waals surface area contributed by atoms with Gasteiger partial charge in [0.05, 0.1) is 7.11 Å². The molecular weight excluding hydrogens is 344 g/mol. The van der Waals surface area contributed by atoms with Crippen LogP contribution >= 0.6 is 15.9 Å². The second-order valence-electron chi connectivity index (χ2n) is 3.97. The Labute approximate surface area is 130 Å². The van der Waals surface area contributed by atoms with E-state index in [1.165, 1.54) is 27.1 Å². The molecule has 1 rings (SSSR count). The van der Waals surface area contributed by atoms with E-state index in [4.69, 9.17) is 9.47 Å². The Morgan fingerprint density at radius 1 is 1.33 bits per heavy atom. The van der Waals surface area contributed by atoms with Crippen LogP contribution in [0.25, 0.3) is 0 Å². The van der Waals surface area contributed by atoms with Crippen LogP contribution in [0.2, 0.25) is 0 Å². The Hall–Kier alpha value is -2.09. The van der Waals surface area contributed by atoms with Crippen LogP contribution in [0.3, 0.4) is 0 Å². The van der Waals surface area contributed by atoms with Crippen molar-refractivity contribution in [3.8, 4) is 11.5 Å². The molecule has 1 aromatic rings. The fourth-order valence-corrected chi connectivity index (χ4v) is 1.83. The third kappa shape index (κ3) is 4.45. The summed E-state index contributed by atoms with van der Waals surface area (Å²) in [4.78, 5) is 33.7. The monoisotopic (exact) mass is 358 g/mol. The van der Waals surface area contributed by atoms with Crippen LogP contribution in [-0.2, 0) is 4.79 Å². The van der Waals surface area contributed by atoms with Crippen LogP contribution in [0.15, 0.2) is 16.6 Å². The topological polar surface area (TPSA) is 93.7 Å². The van der Waals surface area contributed by atoms with Crippen molar-refractivity contribution < 1.29 is 23.9 Å². The van der Waals surface area contributed by atoms with E-state index in [-0.39, 0.29) is 5.75 Å². The number of aldehydes is 1. The van der Waals surface area contributed by atoms with Crippen LogP contribution < -0.4 is 20.1 Å². The molecule has 21 heavy (non-hydrogen) atoms. The summed E-state index contributed by atoms with van der Waals surface area (Å²) in [5.41, 5.74) is 0.352. The van der Waals surface area contributed by atoms with Gasteiger partial charge < -0.3 is 14.8 Å². The van der Waals surface area contributed by atoms with Crippen molar-refractivity contribution in [1.82, 2.24) is 10.6 Å².